The second-order valence-electron chi connectivity index (χ2n) is 3.03. The lowest BCUT2D eigenvalue weighted by atomic mass is 10.2. The van der Waals surface area contributed by atoms with Crippen LogP contribution in [-0.4, -0.2) is 37.0 Å². The number of carbonyl (C=O) groups is 3. The molecule has 5 N–H and O–H groups in total. The monoisotopic (exact) mass is 217 g/mol. The maximum Gasteiger partial charge on any atom is 0.328 e. The highest BCUT2D eigenvalue weighted by molar-refractivity contribution is 5.90. The maximum absolute atomic E-state index is 11.3. The zero-order chi connectivity index (χ0) is 12.0. The molecule has 15 heavy (non-hydrogen) atoms. The first-order valence-corrected chi connectivity index (χ1v) is 4.30. The molecule has 2 amide bonds. The van der Waals surface area contributed by atoms with Gasteiger partial charge in [0.25, 0.3) is 0 Å². The Kier molecular flexibility index (Phi) is 5.32. The molecule has 7 nitrogen and oxygen atoms in total. The molecule has 0 aromatic rings. The van der Waals surface area contributed by atoms with Gasteiger partial charge in [-0.2, -0.15) is 0 Å². The largest absolute Gasteiger partial charge is 0.467 e. The number of rotatable bonds is 5. The Labute approximate surface area is 87.1 Å². The van der Waals surface area contributed by atoms with E-state index in [0.29, 0.717) is 0 Å². The summed E-state index contributed by atoms with van der Waals surface area (Å²) in [5.41, 5.74) is 10.2. The third-order valence-electron chi connectivity index (χ3n) is 1.67. The lowest BCUT2D eigenvalue weighted by Crippen LogP contribution is -2.48. The Morgan fingerprint density at radius 2 is 1.93 bits per heavy atom. The summed E-state index contributed by atoms with van der Waals surface area (Å²) in [5, 5.41) is 2.29. The van der Waals surface area contributed by atoms with Crippen molar-refractivity contribution in [2.75, 3.05) is 7.11 Å². The van der Waals surface area contributed by atoms with E-state index in [1.54, 1.807) is 0 Å². The molecule has 0 spiro atoms. The smallest absolute Gasteiger partial charge is 0.328 e. The van der Waals surface area contributed by atoms with Crippen molar-refractivity contribution in [3.05, 3.63) is 0 Å². The van der Waals surface area contributed by atoms with Crippen LogP contribution in [0.4, 0.5) is 0 Å². The molecular formula is C8H15N3O4. The first-order valence-electron chi connectivity index (χ1n) is 4.30. The van der Waals surface area contributed by atoms with Gasteiger partial charge < -0.3 is 21.5 Å². The van der Waals surface area contributed by atoms with Gasteiger partial charge >= 0.3 is 5.97 Å². The van der Waals surface area contributed by atoms with Crippen LogP contribution < -0.4 is 16.8 Å². The molecule has 0 aliphatic heterocycles. The lowest BCUT2D eigenvalue weighted by molar-refractivity contribution is -0.144. The van der Waals surface area contributed by atoms with Crippen LogP contribution in [0.5, 0.6) is 0 Å². The maximum atomic E-state index is 11.3. The summed E-state index contributed by atoms with van der Waals surface area (Å²) >= 11 is 0. The van der Waals surface area contributed by atoms with Gasteiger partial charge in [0.1, 0.15) is 6.04 Å². The number of nitrogens with one attached hydrogen (secondary N) is 1. The van der Waals surface area contributed by atoms with E-state index in [2.05, 4.69) is 10.1 Å². The summed E-state index contributed by atoms with van der Waals surface area (Å²) in [4.78, 5) is 32.6. The molecule has 7 heteroatoms. The highest BCUT2D eigenvalue weighted by atomic mass is 16.5. The summed E-state index contributed by atoms with van der Waals surface area (Å²) in [7, 11) is 1.20. The number of nitrogens with two attached hydrogens (primary N) is 2. The Bertz CT molecular complexity index is 267. The third-order valence-corrected chi connectivity index (χ3v) is 1.67. The zero-order valence-corrected chi connectivity index (χ0v) is 8.65. The standard InChI is InChI=1S/C8H15N3O4/c1-4(8(14)15-2)11-7(13)5(9)3-6(10)12/h4-5H,3,9H2,1-2H3,(H2,10,12)(H,11,13)/t4-,5-/m0/s1. The fraction of sp³-hybridized carbons (Fsp3) is 0.625. The quantitative estimate of drug-likeness (QED) is 0.453. The molecule has 0 saturated heterocycles. The summed E-state index contributed by atoms with van der Waals surface area (Å²) in [6.45, 7) is 1.45. The van der Waals surface area contributed by atoms with E-state index in [-0.39, 0.29) is 6.42 Å². The highest BCUT2D eigenvalue weighted by Crippen LogP contribution is 1.91. The van der Waals surface area contributed by atoms with Crippen LogP contribution in [0, 0.1) is 0 Å². The van der Waals surface area contributed by atoms with Crippen LogP contribution in [0.2, 0.25) is 0 Å². The van der Waals surface area contributed by atoms with Crippen molar-refractivity contribution in [3.8, 4) is 0 Å². The number of ether oxygens (including phenoxy) is 1. The van der Waals surface area contributed by atoms with Crippen LogP contribution in [0.25, 0.3) is 0 Å². The fourth-order valence-electron chi connectivity index (χ4n) is 0.866. The molecule has 0 rings (SSSR count). The molecule has 0 aliphatic rings. The number of hydrogen-bond donors (Lipinski definition) is 3. The molecule has 0 heterocycles. The summed E-state index contributed by atoms with van der Waals surface area (Å²) in [6.07, 6.45) is -0.264. The minimum atomic E-state index is -1.05. The van der Waals surface area contributed by atoms with Gasteiger partial charge in [0, 0.05) is 0 Å². The molecule has 0 fully saturated rings. The Hall–Kier alpha value is -1.63. The van der Waals surface area contributed by atoms with Crippen molar-refractivity contribution in [2.24, 2.45) is 11.5 Å². The highest BCUT2D eigenvalue weighted by Gasteiger charge is 2.21. The van der Waals surface area contributed by atoms with Crippen molar-refractivity contribution < 1.29 is 19.1 Å². The van der Waals surface area contributed by atoms with E-state index in [0.717, 1.165) is 0 Å². The van der Waals surface area contributed by atoms with Crippen LogP contribution in [0.15, 0.2) is 0 Å². The van der Waals surface area contributed by atoms with E-state index < -0.39 is 29.9 Å². The molecule has 2 atom stereocenters. The van der Waals surface area contributed by atoms with Crippen molar-refractivity contribution in [3.63, 3.8) is 0 Å². The van der Waals surface area contributed by atoms with Gasteiger partial charge in [0.05, 0.1) is 19.6 Å². The number of esters is 1. The van der Waals surface area contributed by atoms with Gasteiger partial charge in [-0.15, -0.1) is 0 Å². The summed E-state index contributed by atoms with van der Waals surface area (Å²) < 4.78 is 4.39. The average Bonchev–Trinajstić information content (AvgIpc) is 2.15. The average molecular weight is 217 g/mol. The number of hydrogen-bond acceptors (Lipinski definition) is 5. The minimum absolute atomic E-state index is 0.264. The Balaban J connectivity index is 4.12. The van der Waals surface area contributed by atoms with Gasteiger partial charge in [-0.3, -0.25) is 9.59 Å². The molecule has 0 bridgehead atoms. The van der Waals surface area contributed by atoms with Crippen molar-refractivity contribution in [1.29, 1.82) is 0 Å². The van der Waals surface area contributed by atoms with E-state index in [4.69, 9.17) is 11.5 Å². The number of amides is 2. The normalized spacial score (nSPS) is 13.8. The van der Waals surface area contributed by atoms with Crippen molar-refractivity contribution in [2.45, 2.75) is 25.4 Å². The minimum Gasteiger partial charge on any atom is -0.467 e. The summed E-state index contributed by atoms with van der Waals surface area (Å²) in [6, 6.07) is -1.85. The predicted octanol–water partition coefficient (Wildman–Crippen LogP) is -2.13. The molecule has 0 aromatic carbocycles. The van der Waals surface area contributed by atoms with Crippen molar-refractivity contribution in [1.82, 2.24) is 5.32 Å². The molecule has 86 valence electrons. The fourth-order valence-corrected chi connectivity index (χ4v) is 0.866. The molecule has 0 saturated carbocycles. The molecule has 0 unspecified atom stereocenters. The van der Waals surface area contributed by atoms with E-state index >= 15 is 0 Å². The Morgan fingerprint density at radius 3 is 2.33 bits per heavy atom. The van der Waals surface area contributed by atoms with Crippen LogP contribution in [-0.2, 0) is 19.1 Å². The molecule has 0 radical (unpaired) electrons. The molecule has 0 aromatic heterocycles. The Morgan fingerprint density at radius 1 is 1.40 bits per heavy atom. The van der Waals surface area contributed by atoms with Gasteiger partial charge in [0.2, 0.25) is 11.8 Å². The van der Waals surface area contributed by atoms with Gasteiger partial charge in [0.15, 0.2) is 0 Å². The van der Waals surface area contributed by atoms with Gasteiger partial charge in [-0.05, 0) is 6.92 Å². The van der Waals surface area contributed by atoms with Crippen LogP contribution >= 0.6 is 0 Å². The third kappa shape index (κ3) is 4.96. The lowest BCUT2D eigenvalue weighted by Gasteiger charge is -2.14. The predicted molar refractivity (Wildman–Crippen MR) is 51.4 cm³/mol. The number of primary amides is 1. The molecular weight excluding hydrogens is 202 g/mol. The van der Waals surface area contributed by atoms with E-state index in [1.807, 2.05) is 0 Å². The topological polar surface area (TPSA) is 125 Å². The van der Waals surface area contributed by atoms with Gasteiger partial charge in [-0.1, -0.05) is 0 Å². The van der Waals surface area contributed by atoms with E-state index in [1.165, 1.54) is 14.0 Å². The van der Waals surface area contributed by atoms with Crippen molar-refractivity contribution >= 4 is 17.8 Å². The van der Waals surface area contributed by atoms with Gasteiger partial charge in [-0.25, -0.2) is 4.79 Å². The number of carbonyl (C=O) groups excluding carboxylic acids is 3. The zero-order valence-electron chi connectivity index (χ0n) is 8.65. The second-order valence-corrected chi connectivity index (χ2v) is 3.03. The van der Waals surface area contributed by atoms with E-state index in [9.17, 15) is 14.4 Å². The second kappa shape index (κ2) is 5.97. The van der Waals surface area contributed by atoms with Crippen LogP contribution in [0.1, 0.15) is 13.3 Å². The molecule has 0 aliphatic carbocycles. The first kappa shape index (κ1) is 13.4. The first-order chi connectivity index (χ1) is 6.88. The number of methoxy groups -OCH3 is 1. The SMILES string of the molecule is COC(=O)[C@H](C)NC(=O)[C@@H](N)CC(N)=O. The summed E-state index contributed by atoms with van der Waals surface area (Å²) in [5.74, 6) is -1.88. The van der Waals surface area contributed by atoms with Crippen LogP contribution in [0.3, 0.4) is 0 Å².